The zero-order valence-corrected chi connectivity index (χ0v) is 19.4. The van der Waals surface area contributed by atoms with Gasteiger partial charge in [-0.1, -0.05) is 61.5 Å². The first kappa shape index (κ1) is 21.7. The smallest absolute Gasteiger partial charge is 0.274 e. The van der Waals surface area contributed by atoms with Gasteiger partial charge in [-0.3, -0.25) is 4.79 Å². The molecule has 1 aliphatic heterocycles. The highest BCUT2D eigenvalue weighted by Gasteiger charge is 2.36. The van der Waals surface area contributed by atoms with Crippen molar-refractivity contribution in [2.75, 3.05) is 11.5 Å². The first-order valence-electron chi connectivity index (χ1n) is 10.5. The number of hydrogen-bond donors (Lipinski definition) is 0. The van der Waals surface area contributed by atoms with Gasteiger partial charge in [-0.25, -0.2) is 13.4 Å². The maximum atomic E-state index is 13.8. The van der Waals surface area contributed by atoms with Gasteiger partial charge in [-0.2, -0.15) is 0 Å². The number of hydrogen-bond acceptors (Lipinski definition) is 5. The molecule has 1 atom stereocenters. The van der Waals surface area contributed by atoms with Crippen LogP contribution in [0.2, 0.25) is 0 Å². The molecule has 0 aliphatic carbocycles. The molecule has 1 aliphatic rings. The summed E-state index contributed by atoms with van der Waals surface area (Å²) in [5, 5.41) is 0.813. The summed E-state index contributed by atoms with van der Waals surface area (Å²) in [6.45, 7) is 4.36. The molecule has 4 rings (SSSR count). The molecular weight excluding hydrogens is 428 g/mol. The number of sulfone groups is 1. The van der Waals surface area contributed by atoms with Crippen LogP contribution in [0.5, 0.6) is 0 Å². The van der Waals surface area contributed by atoms with Gasteiger partial charge in [0.05, 0.1) is 21.4 Å². The number of aromatic nitrogens is 1. The Balaban J connectivity index is 1.70. The van der Waals surface area contributed by atoms with E-state index in [1.54, 1.807) is 4.90 Å². The Hall–Kier alpha value is -2.51. The lowest BCUT2D eigenvalue weighted by Gasteiger charge is -2.28. The summed E-state index contributed by atoms with van der Waals surface area (Å²) < 4.78 is 24.4. The first-order valence-corrected chi connectivity index (χ1v) is 13.1. The lowest BCUT2D eigenvalue weighted by atomic mass is 10.1. The molecule has 1 amide bonds. The number of carbonyl (C=O) groups is 1. The fraction of sp³-hybridized carbons (Fsp3) is 0.333. The normalized spacial score (nSPS) is 17.5. The van der Waals surface area contributed by atoms with E-state index in [0.717, 1.165) is 27.4 Å². The predicted molar refractivity (Wildman–Crippen MR) is 125 cm³/mol. The summed E-state index contributed by atoms with van der Waals surface area (Å²) in [6.07, 6.45) is 1.41. The van der Waals surface area contributed by atoms with Crippen molar-refractivity contribution >= 4 is 27.1 Å². The van der Waals surface area contributed by atoms with E-state index in [2.05, 4.69) is 24.0 Å². The molecule has 1 fully saturated rings. The van der Waals surface area contributed by atoms with E-state index in [9.17, 15) is 13.2 Å². The SMILES string of the molecule is CCc1ccc(CN(C(=O)c2nc(C)sc2-c2ccccc2)C2CCS(=O)(=O)C2)cc1. The van der Waals surface area contributed by atoms with Crippen LogP contribution in [0.1, 0.15) is 40.0 Å². The topological polar surface area (TPSA) is 67.3 Å². The summed E-state index contributed by atoms with van der Waals surface area (Å²) in [5.74, 6) is -0.0715. The number of carbonyl (C=O) groups excluding carboxylic acids is 1. The van der Waals surface area contributed by atoms with Gasteiger partial charge >= 0.3 is 0 Å². The third-order valence-electron chi connectivity index (χ3n) is 5.67. The second-order valence-electron chi connectivity index (χ2n) is 7.94. The van der Waals surface area contributed by atoms with Crippen LogP contribution in [0.15, 0.2) is 54.6 Å². The lowest BCUT2D eigenvalue weighted by Crippen LogP contribution is -2.41. The number of aryl methyl sites for hydroxylation is 2. The van der Waals surface area contributed by atoms with Gasteiger partial charge in [0.1, 0.15) is 5.69 Å². The van der Waals surface area contributed by atoms with E-state index < -0.39 is 9.84 Å². The number of benzene rings is 2. The summed E-state index contributed by atoms with van der Waals surface area (Å²) in [6, 6.07) is 17.6. The second kappa shape index (κ2) is 8.93. The Morgan fingerprint density at radius 1 is 1.10 bits per heavy atom. The van der Waals surface area contributed by atoms with Gasteiger partial charge in [0.15, 0.2) is 9.84 Å². The van der Waals surface area contributed by atoms with E-state index in [-0.39, 0.29) is 23.5 Å². The van der Waals surface area contributed by atoms with Crippen LogP contribution in [0.4, 0.5) is 0 Å². The number of thiazole rings is 1. The summed E-state index contributed by atoms with van der Waals surface area (Å²) in [7, 11) is -3.13. The van der Waals surface area contributed by atoms with E-state index in [0.29, 0.717) is 18.7 Å². The van der Waals surface area contributed by atoms with Gasteiger partial charge < -0.3 is 4.90 Å². The molecule has 1 unspecified atom stereocenters. The quantitative estimate of drug-likeness (QED) is 0.550. The molecule has 2 heterocycles. The molecule has 2 aromatic carbocycles. The van der Waals surface area contributed by atoms with Crippen molar-refractivity contribution in [1.82, 2.24) is 9.88 Å². The zero-order chi connectivity index (χ0) is 22.0. The first-order chi connectivity index (χ1) is 14.9. The van der Waals surface area contributed by atoms with Crippen LogP contribution in [-0.4, -0.2) is 41.8 Å². The predicted octanol–water partition coefficient (Wildman–Crippen LogP) is 4.51. The summed E-state index contributed by atoms with van der Waals surface area (Å²) >= 11 is 1.49. The molecule has 31 heavy (non-hydrogen) atoms. The maximum Gasteiger partial charge on any atom is 0.274 e. The van der Waals surface area contributed by atoms with E-state index in [4.69, 9.17) is 0 Å². The van der Waals surface area contributed by atoms with Crippen LogP contribution >= 0.6 is 11.3 Å². The molecule has 1 saturated heterocycles. The van der Waals surface area contributed by atoms with Crippen LogP contribution in [0.25, 0.3) is 10.4 Å². The number of rotatable bonds is 6. The summed E-state index contributed by atoms with van der Waals surface area (Å²) in [5.41, 5.74) is 3.57. The molecular formula is C24H26N2O3S2. The molecule has 0 N–H and O–H groups in total. The van der Waals surface area contributed by atoms with Crippen molar-refractivity contribution in [2.24, 2.45) is 0 Å². The standard InChI is InChI=1S/C24H26N2O3S2/c1-3-18-9-11-19(12-10-18)15-26(21-13-14-31(28,29)16-21)24(27)22-23(30-17(2)25-22)20-7-5-4-6-8-20/h4-12,21H,3,13-16H2,1-2H3. The van der Waals surface area contributed by atoms with Crippen molar-refractivity contribution in [2.45, 2.75) is 39.3 Å². The number of nitrogens with zero attached hydrogens (tertiary/aromatic N) is 2. The Labute approximate surface area is 187 Å². The van der Waals surface area contributed by atoms with Crippen molar-refractivity contribution in [3.05, 3.63) is 76.4 Å². The van der Waals surface area contributed by atoms with Crippen LogP contribution < -0.4 is 0 Å². The lowest BCUT2D eigenvalue weighted by molar-refractivity contribution is 0.0676. The fourth-order valence-corrected chi connectivity index (χ4v) is 6.60. The summed E-state index contributed by atoms with van der Waals surface area (Å²) in [4.78, 5) is 20.9. The largest absolute Gasteiger partial charge is 0.329 e. The van der Waals surface area contributed by atoms with Crippen molar-refractivity contribution in [3.63, 3.8) is 0 Å². The Kier molecular flexibility index (Phi) is 6.25. The molecule has 3 aromatic rings. The minimum Gasteiger partial charge on any atom is -0.329 e. The van der Waals surface area contributed by atoms with E-state index in [1.807, 2.05) is 49.4 Å². The third kappa shape index (κ3) is 4.88. The molecule has 0 radical (unpaired) electrons. The van der Waals surface area contributed by atoms with E-state index in [1.165, 1.54) is 16.9 Å². The molecule has 5 nitrogen and oxygen atoms in total. The third-order valence-corrected chi connectivity index (χ3v) is 8.44. The minimum atomic E-state index is -3.13. The highest BCUT2D eigenvalue weighted by atomic mass is 32.2. The van der Waals surface area contributed by atoms with Gasteiger partial charge in [0.2, 0.25) is 0 Å². The molecule has 0 saturated carbocycles. The highest BCUT2D eigenvalue weighted by Crippen LogP contribution is 2.32. The maximum absolute atomic E-state index is 13.8. The molecule has 0 bridgehead atoms. The second-order valence-corrected chi connectivity index (χ2v) is 11.4. The van der Waals surface area contributed by atoms with E-state index >= 15 is 0 Å². The highest BCUT2D eigenvalue weighted by molar-refractivity contribution is 7.91. The van der Waals surface area contributed by atoms with Gasteiger partial charge in [0.25, 0.3) is 5.91 Å². The number of amides is 1. The van der Waals surface area contributed by atoms with Crippen LogP contribution in [-0.2, 0) is 22.8 Å². The molecule has 162 valence electrons. The fourth-order valence-electron chi connectivity index (χ4n) is 3.96. The van der Waals surface area contributed by atoms with Crippen molar-refractivity contribution < 1.29 is 13.2 Å². The molecule has 7 heteroatoms. The Morgan fingerprint density at radius 3 is 2.39 bits per heavy atom. The molecule has 1 aromatic heterocycles. The minimum absolute atomic E-state index is 0.00950. The van der Waals surface area contributed by atoms with Gasteiger partial charge in [-0.15, -0.1) is 11.3 Å². The average Bonchev–Trinajstić information content (AvgIpc) is 3.34. The zero-order valence-electron chi connectivity index (χ0n) is 17.7. The van der Waals surface area contributed by atoms with Crippen molar-refractivity contribution in [3.8, 4) is 10.4 Å². The average molecular weight is 455 g/mol. The van der Waals surface area contributed by atoms with Gasteiger partial charge in [0, 0.05) is 12.6 Å². The van der Waals surface area contributed by atoms with Crippen LogP contribution in [0.3, 0.4) is 0 Å². The Bertz CT molecular complexity index is 1170. The molecule has 0 spiro atoms. The van der Waals surface area contributed by atoms with Crippen LogP contribution in [0, 0.1) is 6.92 Å². The Morgan fingerprint density at radius 2 is 1.77 bits per heavy atom. The van der Waals surface area contributed by atoms with Crippen molar-refractivity contribution in [1.29, 1.82) is 0 Å². The monoisotopic (exact) mass is 454 g/mol. The van der Waals surface area contributed by atoms with Gasteiger partial charge in [-0.05, 0) is 36.5 Å².